The Hall–Kier alpha value is -1.83. The largest absolute Gasteiger partial charge is 0.373 e. The number of imidazole rings is 1. The molecule has 3 rings (SSSR count). The van der Waals surface area contributed by atoms with E-state index in [4.69, 9.17) is 4.74 Å². The molecule has 1 saturated heterocycles. The first-order chi connectivity index (χ1) is 13.1. The molecule has 2 atom stereocenters. The van der Waals surface area contributed by atoms with E-state index in [0.717, 1.165) is 36.9 Å². The highest BCUT2D eigenvalue weighted by atomic mass is 32.2. The summed E-state index contributed by atoms with van der Waals surface area (Å²) in [5, 5.41) is 3.95. The smallest absolute Gasteiger partial charge is 0.251 e. The summed E-state index contributed by atoms with van der Waals surface area (Å²) in [5.74, 6) is -0.0269. The fraction of sp³-hybridized carbons (Fsp3) is 0.500. The molecule has 7 heteroatoms. The number of hydrogen-bond donors (Lipinski definition) is 1. The highest BCUT2D eigenvalue weighted by Gasteiger charge is 2.21. The Morgan fingerprint density at radius 2 is 1.96 bits per heavy atom. The van der Waals surface area contributed by atoms with Gasteiger partial charge in [0.2, 0.25) is 0 Å². The summed E-state index contributed by atoms with van der Waals surface area (Å²) in [4.78, 5) is 19.1. The highest BCUT2D eigenvalue weighted by molar-refractivity contribution is 7.98. The first-order valence-electron chi connectivity index (χ1n) is 9.40. The van der Waals surface area contributed by atoms with E-state index in [-0.39, 0.29) is 18.1 Å². The van der Waals surface area contributed by atoms with Crippen molar-refractivity contribution in [1.29, 1.82) is 0 Å². The van der Waals surface area contributed by atoms with Crippen LogP contribution in [0.3, 0.4) is 0 Å². The molecular weight excluding hydrogens is 360 g/mol. The third-order valence-electron chi connectivity index (χ3n) is 4.63. The molecule has 0 bridgehead atoms. The van der Waals surface area contributed by atoms with E-state index in [1.807, 2.05) is 41.3 Å². The molecule has 1 aliphatic rings. The number of hydrogen-bond acceptors (Lipinski definition) is 5. The summed E-state index contributed by atoms with van der Waals surface area (Å²) in [7, 11) is 0. The van der Waals surface area contributed by atoms with E-state index in [1.54, 1.807) is 18.0 Å². The molecule has 1 fully saturated rings. The third kappa shape index (κ3) is 5.34. The summed E-state index contributed by atoms with van der Waals surface area (Å²) >= 11 is 1.59. The second kappa shape index (κ2) is 9.39. The van der Waals surface area contributed by atoms with E-state index < -0.39 is 0 Å². The van der Waals surface area contributed by atoms with Crippen LogP contribution < -0.4 is 5.32 Å². The molecule has 1 amide bonds. The Bertz CT molecular complexity index is 737. The molecule has 27 heavy (non-hydrogen) atoms. The van der Waals surface area contributed by atoms with Crippen LogP contribution in [0.5, 0.6) is 0 Å². The zero-order valence-corrected chi connectivity index (χ0v) is 17.0. The van der Waals surface area contributed by atoms with Gasteiger partial charge in [0.25, 0.3) is 5.91 Å². The minimum absolute atomic E-state index is 0.0269. The van der Waals surface area contributed by atoms with Crippen molar-refractivity contribution in [1.82, 2.24) is 19.8 Å². The average Bonchev–Trinajstić information content (AvgIpc) is 3.13. The molecule has 2 heterocycles. The van der Waals surface area contributed by atoms with Gasteiger partial charge in [-0.25, -0.2) is 4.98 Å². The Morgan fingerprint density at radius 3 is 2.63 bits per heavy atom. The maximum absolute atomic E-state index is 12.4. The minimum atomic E-state index is -0.0269. The van der Waals surface area contributed by atoms with Gasteiger partial charge in [0, 0.05) is 49.8 Å². The molecule has 2 aromatic rings. The van der Waals surface area contributed by atoms with E-state index in [0.29, 0.717) is 12.1 Å². The SMILES string of the molecule is CSc1nccn1-c1ccc(C(=O)NCCCN2CC(C)OC(C)C2)cc1. The van der Waals surface area contributed by atoms with Crippen molar-refractivity contribution in [3.05, 3.63) is 42.2 Å². The van der Waals surface area contributed by atoms with Gasteiger partial charge in [0.05, 0.1) is 12.2 Å². The number of carbonyl (C=O) groups is 1. The maximum Gasteiger partial charge on any atom is 0.251 e. The molecule has 1 aromatic carbocycles. The lowest BCUT2D eigenvalue weighted by molar-refractivity contribution is -0.0679. The lowest BCUT2D eigenvalue weighted by Gasteiger charge is -2.35. The summed E-state index contributed by atoms with van der Waals surface area (Å²) in [6.07, 6.45) is 7.21. The first-order valence-corrected chi connectivity index (χ1v) is 10.6. The van der Waals surface area contributed by atoms with Crippen molar-refractivity contribution in [3.63, 3.8) is 0 Å². The standard InChI is InChI=1S/C20H28N4O2S/c1-15-13-23(14-16(2)26-15)11-4-9-21-19(25)17-5-7-18(8-6-17)24-12-10-22-20(24)27-3/h5-8,10,12,15-16H,4,9,11,13-14H2,1-3H3,(H,21,25). The van der Waals surface area contributed by atoms with Gasteiger partial charge >= 0.3 is 0 Å². The predicted octanol–water partition coefficient (Wildman–Crippen LogP) is 2.82. The third-order valence-corrected chi connectivity index (χ3v) is 5.30. The van der Waals surface area contributed by atoms with Crippen LogP contribution >= 0.6 is 11.8 Å². The molecule has 1 aromatic heterocycles. The van der Waals surface area contributed by atoms with Gasteiger partial charge in [-0.05, 0) is 50.8 Å². The average molecular weight is 389 g/mol. The number of thioether (sulfide) groups is 1. The van der Waals surface area contributed by atoms with Gasteiger partial charge < -0.3 is 10.1 Å². The van der Waals surface area contributed by atoms with Crippen LogP contribution in [0.1, 0.15) is 30.6 Å². The van der Waals surface area contributed by atoms with E-state index >= 15 is 0 Å². The summed E-state index contributed by atoms with van der Waals surface area (Å²) in [5.41, 5.74) is 1.68. The van der Waals surface area contributed by atoms with Gasteiger partial charge in [-0.3, -0.25) is 14.3 Å². The van der Waals surface area contributed by atoms with Crippen LogP contribution in [0.2, 0.25) is 0 Å². The molecule has 0 radical (unpaired) electrons. The molecule has 0 aliphatic carbocycles. The van der Waals surface area contributed by atoms with Crippen LogP contribution in [-0.2, 0) is 4.74 Å². The predicted molar refractivity (Wildman–Crippen MR) is 109 cm³/mol. The Balaban J connectivity index is 1.46. The van der Waals surface area contributed by atoms with Crippen molar-refractivity contribution in [2.24, 2.45) is 0 Å². The van der Waals surface area contributed by atoms with Gasteiger partial charge in [-0.1, -0.05) is 11.8 Å². The molecule has 1 N–H and O–H groups in total. The summed E-state index contributed by atoms with van der Waals surface area (Å²) < 4.78 is 7.76. The van der Waals surface area contributed by atoms with Crippen LogP contribution in [0.15, 0.2) is 41.8 Å². The number of carbonyl (C=O) groups excluding carboxylic acids is 1. The Labute approximate surface area is 165 Å². The number of nitrogens with zero attached hydrogens (tertiary/aromatic N) is 3. The van der Waals surface area contributed by atoms with Crippen molar-refractivity contribution in [2.45, 2.75) is 37.6 Å². The van der Waals surface area contributed by atoms with Gasteiger partial charge in [-0.15, -0.1) is 0 Å². The van der Waals surface area contributed by atoms with E-state index in [1.165, 1.54) is 0 Å². The number of ether oxygens (including phenoxy) is 1. The minimum Gasteiger partial charge on any atom is -0.373 e. The monoisotopic (exact) mass is 388 g/mol. The van der Waals surface area contributed by atoms with Crippen LogP contribution in [0.25, 0.3) is 5.69 Å². The van der Waals surface area contributed by atoms with Crippen molar-refractivity contribution >= 4 is 17.7 Å². The highest BCUT2D eigenvalue weighted by Crippen LogP contribution is 2.18. The maximum atomic E-state index is 12.4. The van der Waals surface area contributed by atoms with Gasteiger partial charge in [-0.2, -0.15) is 0 Å². The summed E-state index contributed by atoms with van der Waals surface area (Å²) in [6.45, 7) is 7.81. The van der Waals surface area contributed by atoms with Gasteiger partial charge in [0.1, 0.15) is 0 Å². The fourth-order valence-corrected chi connectivity index (χ4v) is 4.01. The lowest BCUT2D eigenvalue weighted by Crippen LogP contribution is -2.46. The van der Waals surface area contributed by atoms with E-state index in [2.05, 4.69) is 29.0 Å². The number of morpholine rings is 1. The van der Waals surface area contributed by atoms with Crippen LogP contribution in [-0.4, -0.2) is 65.0 Å². The first kappa shape index (κ1) is 19.9. The lowest BCUT2D eigenvalue weighted by atomic mass is 10.2. The van der Waals surface area contributed by atoms with Crippen LogP contribution in [0.4, 0.5) is 0 Å². The number of nitrogens with one attached hydrogen (secondary N) is 1. The van der Waals surface area contributed by atoms with Crippen molar-refractivity contribution in [3.8, 4) is 5.69 Å². The number of aromatic nitrogens is 2. The molecule has 146 valence electrons. The molecule has 0 saturated carbocycles. The molecular formula is C20H28N4O2S. The Morgan fingerprint density at radius 1 is 1.26 bits per heavy atom. The van der Waals surface area contributed by atoms with Gasteiger partial charge in [0.15, 0.2) is 5.16 Å². The normalized spacial score (nSPS) is 20.6. The summed E-state index contributed by atoms with van der Waals surface area (Å²) in [6, 6.07) is 7.62. The van der Waals surface area contributed by atoms with E-state index in [9.17, 15) is 4.79 Å². The van der Waals surface area contributed by atoms with Crippen molar-refractivity contribution < 1.29 is 9.53 Å². The van der Waals surface area contributed by atoms with Crippen LogP contribution in [0, 0.1) is 0 Å². The zero-order chi connectivity index (χ0) is 19.2. The molecule has 0 spiro atoms. The Kier molecular flexibility index (Phi) is 6.93. The molecule has 2 unspecified atom stereocenters. The topological polar surface area (TPSA) is 59.4 Å². The number of benzene rings is 1. The second-order valence-corrected chi connectivity index (χ2v) is 7.73. The fourth-order valence-electron chi connectivity index (χ4n) is 3.48. The number of rotatable bonds is 7. The molecule has 1 aliphatic heterocycles. The number of amides is 1. The second-order valence-electron chi connectivity index (χ2n) is 6.96. The quantitative estimate of drug-likeness (QED) is 0.584. The van der Waals surface area contributed by atoms with Crippen molar-refractivity contribution in [2.75, 3.05) is 32.4 Å². The zero-order valence-electron chi connectivity index (χ0n) is 16.2. The molecule has 6 nitrogen and oxygen atoms in total.